The number of halogens is 2. The maximum absolute atomic E-state index is 12.8. The van der Waals surface area contributed by atoms with Crippen LogP contribution in [0, 0.1) is 6.92 Å². The second-order valence-corrected chi connectivity index (χ2v) is 10.0. The summed E-state index contributed by atoms with van der Waals surface area (Å²) in [7, 11) is 2.23. The molecule has 2 aliphatic rings. The lowest BCUT2D eigenvalue weighted by atomic mass is 9.94. The molecule has 1 aliphatic carbocycles. The normalized spacial score (nSPS) is 18.0. The monoisotopic (exact) mass is 511 g/mol. The molecule has 0 aromatic carbocycles. The van der Waals surface area contributed by atoms with Crippen LogP contribution >= 0.6 is 0 Å². The number of imidazole rings is 1. The van der Waals surface area contributed by atoms with Gasteiger partial charge in [-0.1, -0.05) is 19.3 Å². The summed E-state index contributed by atoms with van der Waals surface area (Å²) in [6.45, 7) is 6.44. The first-order valence-electron chi connectivity index (χ1n) is 13.0. The number of anilines is 1. The molecule has 0 spiro atoms. The number of fused-ring (bicyclic) bond motifs is 2. The molecule has 11 heteroatoms. The number of pyridine rings is 1. The van der Waals surface area contributed by atoms with Crippen LogP contribution in [0.2, 0.25) is 0 Å². The summed E-state index contributed by atoms with van der Waals surface area (Å²) in [6.07, 6.45) is 9.91. The van der Waals surface area contributed by atoms with Gasteiger partial charge in [-0.05, 0) is 38.9 Å². The number of aromatic nitrogens is 6. The van der Waals surface area contributed by atoms with E-state index in [9.17, 15) is 8.78 Å². The lowest BCUT2D eigenvalue weighted by Gasteiger charge is -2.39. The van der Waals surface area contributed by atoms with E-state index in [1.54, 1.807) is 36.1 Å². The summed E-state index contributed by atoms with van der Waals surface area (Å²) in [5, 5.41) is 4.09. The summed E-state index contributed by atoms with van der Waals surface area (Å²) in [6, 6.07) is 4.59. The van der Waals surface area contributed by atoms with Gasteiger partial charge >= 0.3 is 0 Å². The van der Waals surface area contributed by atoms with Crippen LogP contribution in [0.25, 0.3) is 27.8 Å². The summed E-state index contributed by atoms with van der Waals surface area (Å²) >= 11 is 0. The van der Waals surface area contributed by atoms with Crippen molar-refractivity contribution in [3.05, 3.63) is 36.5 Å². The molecule has 0 amide bonds. The zero-order chi connectivity index (χ0) is 25.9. The highest BCUT2D eigenvalue weighted by atomic mass is 19.3. The van der Waals surface area contributed by atoms with Crippen LogP contribution in [0.15, 0.2) is 30.7 Å². The maximum Gasteiger partial charge on any atom is 0.256 e. The average Bonchev–Trinajstić information content (AvgIpc) is 3.45. The van der Waals surface area contributed by atoms with Crippen molar-refractivity contribution in [2.24, 2.45) is 0 Å². The third-order valence-corrected chi connectivity index (χ3v) is 7.49. The quantitative estimate of drug-likeness (QED) is 0.445. The highest BCUT2D eigenvalue weighted by molar-refractivity contribution is 5.85. The highest BCUT2D eigenvalue weighted by Crippen LogP contribution is 2.28. The van der Waals surface area contributed by atoms with E-state index < -0.39 is 13.0 Å². The van der Waals surface area contributed by atoms with Crippen LogP contribution in [-0.2, 0) is 6.54 Å². The Hall–Kier alpha value is -3.18. The van der Waals surface area contributed by atoms with Crippen LogP contribution < -0.4 is 5.73 Å². The second kappa shape index (κ2) is 11.1. The van der Waals surface area contributed by atoms with Gasteiger partial charge in [0.25, 0.3) is 6.43 Å². The van der Waals surface area contributed by atoms with Crippen LogP contribution in [0.3, 0.4) is 0 Å². The van der Waals surface area contributed by atoms with E-state index >= 15 is 0 Å². The molecule has 1 aliphatic heterocycles. The Balaban J connectivity index is 0.000000182. The topological polar surface area (TPSA) is 93.4 Å². The van der Waals surface area contributed by atoms with Crippen molar-refractivity contribution in [1.82, 2.24) is 38.9 Å². The zero-order valence-electron chi connectivity index (χ0n) is 21.5. The molecular weight excluding hydrogens is 476 g/mol. The number of alkyl halides is 2. The molecule has 1 saturated heterocycles. The van der Waals surface area contributed by atoms with E-state index in [-0.39, 0.29) is 5.95 Å². The SMILES string of the molecule is CN1CCN(C2CCCCC2)CC1.Cc1nc2ncc(-c3ccn4nc(N)ncc34)cc2n1CC(F)F. The van der Waals surface area contributed by atoms with Crippen LogP contribution in [0.5, 0.6) is 0 Å². The molecule has 5 heterocycles. The molecule has 4 aromatic rings. The fourth-order valence-electron chi connectivity index (χ4n) is 5.43. The van der Waals surface area contributed by atoms with Gasteiger partial charge in [0.1, 0.15) is 5.82 Å². The number of nitrogen functional groups attached to an aromatic ring is 1. The smallest absolute Gasteiger partial charge is 0.256 e. The molecule has 1 saturated carbocycles. The minimum absolute atomic E-state index is 0.170. The summed E-state index contributed by atoms with van der Waals surface area (Å²) in [5.74, 6) is 0.677. The van der Waals surface area contributed by atoms with Gasteiger partial charge in [-0.15, -0.1) is 5.10 Å². The Kier molecular flexibility index (Phi) is 7.61. The molecule has 0 atom stereocenters. The number of aryl methyl sites for hydroxylation is 1. The van der Waals surface area contributed by atoms with Gasteiger partial charge in [0.15, 0.2) is 5.65 Å². The Morgan fingerprint density at radius 2 is 1.78 bits per heavy atom. The fourth-order valence-corrected chi connectivity index (χ4v) is 5.43. The van der Waals surface area contributed by atoms with Gasteiger partial charge in [-0.2, -0.15) is 0 Å². The van der Waals surface area contributed by atoms with Gasteiger partial charge in [-0.3, -0.25) is 4.90 Å². The largest absolute Gasteiger partial charge is 0.367 e. The van der Waals surface area contributed by atoms with Crippen LogP contribution in [0.1, 0.15) is 37.9 Å². The number of hydrogen-bond acceptors (Lipinski definition) is 7. The lowest BCUT2D eigenvalue weighted by molar-refractivity contribution is 0.0913. The predicted octanol–water partition coefficient (Wildman–Crippen LogP) is 3.86. The van der Waals surface area contributed by atoms with Crippen molar-refractivity contribution in [3.63, 3.8) is 0 Å². The van der Waals surface area contributed by atoms with Crippen molar-refractivity contribution in [1.29, 1.82) is 0 Å². The molecule has 0 bridgehead atoms. The van der Waals surface area contributed by atoms with E-state index in [4.69, 9.17) is 5.73 Å². The molecule has 4 aromatic heterocycles. The number of likely N-dealkylation sites (N-methyl/N-ethyl adjacent to an activating group) is 1. The molecule has 2 N–H and O–H groups in total. The van der Waals surface area contributed by atoms with E-state index in [0.717, 1.165) is 22.7 Å². The Bertz CT molecular complexity index is 1330. The van der Waals surface area contributed by atoms with Crippen LogP contribution in [-0.4, -0.2) is 84.6 Å². The first kappa shape index (κ1) is 25.5. The molecular formula is C26H35F2N9. The fraction of sp³-hybridized carbons (Fsp3) is 0.538. The number of nitrogens with zero attached hydrogens (tertiary/aromatic N) is 8. The maximum atomic E-state index is 12.8. The Morgan fingerprint density at radius 3 is 2.51 bits per heavy atom. The van der Waals surface area contributed by atoms with Gasteiger partial charge in [0, 0.05) is 55.7 Å². The van der Waals surface area contributed by atoms with E-state index in [0.29, 0.717) is 17.0 Å². The third-order valence-electron chi connectivity index (χ3n) is 7.49. The van der Waals surface area contributed by atoms with E-state index in [2.05, 4.69) is 36.9 Å². The van der Waals surface area contributed by atoms with Gasteiger partial charge < -0.3 is 15.2 Å². The molecule has 37 heavy (non-hydrogen) atoms. The number of hydrogen-bond donors (Lipinski definition) is 1. The summed E-state index contributed by atoms with van der Waals surface area (Å²) < 4.78 is 28.7. The number of rotatable bonds is 4. The standard InChI is InChI=1S/C15H13F2N7.C11H22N2/c1-8-21-14-11(23(8)7-13(16)17)4-9(5-19-14)10-2-3-24-12(10)6-20-15(18)22-24;1-12-7-9-13(10-8-12)11-5-3-2-4-6-11/h2-6,13H,7H2,1H3,(H2,18,22);11H,2-10H2,1H3. The third kappa shape index (κ3) is 5.72. The van der Waals surface area contributed by atoms with Crippen LogP contribution in [0.4, 0.5) is 14.7 Å². The van der Waals surface area contributed by atoms with E-state index in [1.807, 2.05) is 6.07 Å². The summed E-state index contributed by atoms with van der Waals surface area (Å²) in [4.78, 5) is 17.7. The lowest BCUT2D eigenvalue weighted by Crippen LogP contribution is -2.49. The first-order valence-corrected chi connectivity index (χ1v) is 13.0. The average molecular weight is 512 g/mol. The molecule has 198 valence electrons. The van der Waals surface area contributed by atoms with Crippen molar-refractivity contribution < 1.29 is 8.78 Å². The number of piperazine rings is 1. The highest BCUT2D eigenvalue weighted by Gasteiger charge is 2.23. The zero-order valence-corrected chi connectivity index (χ0v) is 21.5. The Labute approximate surface area is 215 Å². The second-order valence-electron chi connectivity index (χ2n) is 10.0. The number of nitrogens with two attached hydrogens (primary N) is 1. The van der Waals surface area contributed by atoms with Gasteiger partial charge in [0.2, 0.25) is 5.95 Å². The van der Waals surface area contributed by atoms with Crippen molar-refractivity contribution in [2.75, 3.05) is 39.0 Å². The van der Waals surface area contributed by atoms with Crippen molar-refractivity contribution in [3.8, 4) is 11.1 Å². The van der Waals surface area contributed by atoms with Gasteiger partial charge in [0.05, 0.1) is 23.8 Å². The molecule has 9 nitrogen and oxygen atoms in total. The molecule has 0 unspecified atom stereocenters. The minimum atomic E-state index is -2.46. The van der Waals surface area contributed by atoms with Crippen molar-refractivity contribution in [2.45, 2.75) is 58.0 Å². The molecule has 2 fully saturated rings. The van der Waals surface area contributed by atoms with Crippen molar-refractivity contribution >= 4 is 22.6 Å². The molecule has 0 radical (unpaired) electrons. The molecule has 6 rings (SSSR count). The minimum Gasteiger partial charge on any atom is -0.367 e. The first-order chi connectivity index (χ1) is 17.9. The predicted molar refractivity (Wildman–Crippen MR) is 141 cm³/mol. The Morgan fingerprint density at radius 1 is 1.03 bits per heavy atom. The van der Waals surface area contributed by atoms with E-state index in [1.165, 1.54) is 62.9 Å². The summed E-state index contributed by atoms with van der Waals surface area (Å²) in [5.41, 5.74) is 8.96. The van der Waals surface area contributed by atoms with Gasteiger partial charge in [-0.25, -0.2) is 28.2 Å².